The van der Waals surface area contributed by atoms with E-state index in [1.54, 1.807) is 6.33 Å². The molecule has 0 aliphatic carbocycles. The molecule has 2 heterocycles. The van der Waals surface area contributed by atoms with Gasteiger partial charge in [0.05, 0.1) is 12.9 Å². The Labute approximate surface area is 132 Å². The van der Waals surface area contributed by atoms with Crippen LogP contribution in [0.4, 0.5) is 5.82 Å². The highest BCUT2D eigenvalue weighted by Gasteiger charge is 2.13. The fourth-order valence-electron chi connectivity index (χ4n) is 2.17. The van der Waals surface area contributed by atoms with Gasteiger partial charge in [0, 0.05) is 29.7 Å². The monoisotopic (exact) mass is 321 g/mol. The lowest BCUT2D eigenvalue weighted by Crippen LogP contribution is -2.11. The Bertz CT molecular complexity index is 777. The SMILES string of the molecule is CN(C)c1ncnc2c1ncn2Cc1c(Cl)cccc1Cl. The fourth-order valence-corrected chi connectivity index (χ4v) is 2.68. The molecule has 1 aromatic carbocycles. The molecular formula is C14H13Cl2N5. The minimum Gasteiger partial charge on any atom is -0.361 e. The zero-order valence-electron chi connectivity index (χ0n) is 11.6. The Morgan fingerprint density at radius 1 is 1.10 bits per heavy atom. The summed E-state index contributed by atoms with van der Waals surface area (Å²) in [6, 6.07) is 5.47. The highest BCUT2D eigenvalue weighted by Crippen LogP contribution is 2.27. The van der Waals surface area contributed by atoms with E-state index >= 15 is 0 Å². The number of fused-ring (bicyclic) bond motifs is 1. The molecule has 0 saturated carbocycles. The zero-order chi connectivity index (χ0) is 15.0. The van der Waals surface area contributed by atoms with Crippen molar-refractivity contribution in [3.8, 4) is 0 Å². The molecule has 0 bridgehead atoms. The Morgan fingerprint density at radius 2 is 1.81 bits per heavy atom. The molecule has 0 unspecified atom stereocenters. The van der Waals surface area contributed by atoms with Gasteiger partial charge in [0.2, 0.25) is 0 Å². The number of rotatable bonds is 3. The molecule has 0 spiro atoms. The van der Waals surface area contributed by atoms with Gasteiger partial charge >= 0.3 is 0 Å². The zero-order valence-corrected chi connectivity index (χ0v) is 13.1. The van der Waals surface area contributed by atoms with Crippen molar-refractivity contribution in [1.29, 1.82) is 0 Å². The molecule has 108 valence electrons. The van der Waals surface area contributed by atoms with Gasteiger partial charge in [-0.2, -0.15) is 0 Å². The fraction of sp³-hybridized carbons (Fsp3) is 0.214. The van der Waals surface area contributed by atoms with Gasteiger partial charge < -0.3 is 9.47 Å². The van der Waals surface area contributed by atoms with Gasteiger partial charge in [0.1, 0.15) is 6.33 Å². The van der Waals surface area contributed by atoms with Crippen molar-refractivity contribution in [3.63, 3.8) is 0 Å². The second-order valence-electron chi connectivity index (χ2n) is 4.84. The molecule has 0 saturated heterocycles. The number of hydrogen-bond donors (Lipinski definition) is 0. The second-order valence-corrected chi connectivity index (χ2v) is 5.65. The van der Waals surface area contributed by atoms with Gasteiger partial charge in [0.25, 0.3) is 0 Å². The van der Waals surface area contributed by atoms with Crippen LogP contribution in [0.15, 0.2) is 30.9 Å². The Morgan fingerprint density at radius 3 is 2.48 bits per heavy atom. The van der Waals surface area contributed by atoms with Gasteiger partial charge in [-0.25, -0.2) is 15.0 Å². The van der Waals surface area contributed by atoms with Crippen LogP contribution in [-0.4, -0.2) is 33.6 Å². The van der Waals surface area contributed by atoms with E-state index in [-0.39, 0.29) is 0 Å². The molecular weight excluding hydrogens is 309 g/mol. The number of imidazole rings is 1. The van der Waals surface area contributed by atoms with E-state index in [4.69, 9.17) is 23.2 Å². The number of benzene rings is 1. The van der Waals surface area contributed by atoms with Crippen LogP contribution in [0.25, 0.3) is 11.2 Å². The molecule has 3 aromatic rings. The van der Waals surface area contributed by atoms with Crippen LogP contribution in [0.3, 0.4) is 0 Å². The molecule has 5 nitrogen and oxygen atoms in total. The minimum absolute atomic E-state index is 0.513. The third-order valence-electron chi connectivity index (χ3n) is 3.20. The summed E-state index contributed by atoms with van der Waals surface area (Å²) < 4.78 is 1.91. The smallest absolute Gasteiger partial charge is 0.165 e. The number of halogens is 2. The first-order valence-electron chi connectivity index (χ1n) is 6.34. The van der Waals surface area contributed by atoms with Crippen molar-refractivity contribution < 1.29 is 0 Å². The lowest BCUT2D eigenvalue weighted by molar-refractivity contribution is 0.813. The predicted octanol–water partition coefficient (Wildman–Crippen LogP) is 3.25. The number of aromatic nitrogens is 4. The summed E-state index contributed by atoms with van der Waals surface area (Å²) in [5, 5.41) is 1.26. The maximum atomic E-state index is 6.22. The lowest BCUT2D eigenvalue weighted by Gasteiger charge is -2.11. The minimum atomic E-state index is 0.513. The van der Waals surface area contributed by atoms with E-state index in [1.807, 2.05) is 41.8 Å². The summed E-state index contributed by atoms with van der Waals surface area (Å²) in [4.78, 5) is 14.9. The van der Waals surface area contributed by atoms with E-state index in [9.17, 15) is 0 Å². The van der Waals surface area contributed by atoms with Crippen LogP contribution < -0.4 is 4.90 Å². The van der Waals surface area contributed by atoms with Crippen molar-refractivity contribution in [2.45, 2.75) is 6.54 Å². The third kappa shape index (κ3) is 2.54. The van der Waals surface area contributed by atoms with E-state index in [1.165, 1.54) is 6.33 Å². The van der Waals surface area contributed by atoms with Crippen molar-refractivity contribution in [1.82, 2.24) is 19.5 Å². The van der Waals surface area contributed by atoms with Crippen molar-refractivity contribution in [2.75, 3.05) is 19.0 Å². The van der Waals surface area contributed by atoms with Gasteiger partial charge in [0.15, 0.2) is 17.0 Å². The molecule has 2 aromatic heterocycles. The molecule has 0 aliphatic rings. The largest absolute Gasteiger partial charge is 0.361 e. The first-order chi connectivity index (χ1) is 10.1. The second kappa shape index (κ2) is 5.50. The topological polar surface area (TPSA) is 46.8 Å². The molecule has 3 rings (SSSR count). The van der Waals surface area contributed by atoms with Gasteiger partial charge in [-0.05, 0) is 12.1 Å². The summed E-state index contributed by atoms with van der Waals surface area (Å²) >= 11 is 12.4. The molecule has 0 amide bonds. The predicted molar refractivity (Wildman–Crippen MR) is 85.2 cm³/mol. The van der Waals surface area contributed by atoms with Crippen LogP contribution in [0, 0.1) is 0 Å². The number of hydrogen-bond acceptors (Lipinski definition) is 4. The lowest BCUT2D eigenvalue weighted by atomic mass is 10.2. The van der Waals surface area contributed by atoms with Gasteiger partial charge in [-0.3, -0.25) is 0 Å². The number of anilines is 1. The van der Waals surface area contributed by atoms with Crippen molar-refractivity contribution in [2.24, 2.45) is 0 Å². The quantitative estimate of drug-likeness (QED) is 0.743. The average molecular weight is 322 g/mol. The Hall–Kier alpha value is -1.85. The van der Waals surface area contributed by atoms with Gasteiger partial charge in [-0.1, -0.05) is 29.3 Å². The van der Waals surface area contributed by atoms with Crippen LogP contribution in [0.2, 0.25) is 10.0 Å². The molecule has 0 atom stereocenters. The normalized spacial score (nSPS) is 11.0. The van der Waals surface area contributed by atoms with Crippen molar-refractivity contribution >= 4 is 40.2 Å². The van der Waals surface area contributed by atoms with Crippen LogP contribution in [0.5, 0.6) is 0 Å². The highest BCUT2D eigenvalue weighted by molar-refractivity contribution is 6.36. The van der Waals surface area contributed by atoms with Crippen LogP contribution in [0.1, 0.15) is 5.56 Å². The Balaban J connectivity index is 2.08. The summed E-state index contributed by atoms with van der Waals surface area (Å²) in [5.41, 5.74) is 2.36. The maximum Gasteiger partial charge on any atom is 0.165 e. The highest BCUT2D eigenvalue weighted by atomic mass is 35.5. The summed E-state index contributed by atoms with van der Waals surface area (Å²) in [5.74, 6) is 0.781. The maximum absolute atomic E-state index is 6.22. The summed E-state index contributed by atoms with van der Waals surface area (Å²) in [6.07, 6.45) is 3.26. The molecule has 0 radical (unpaired) electrons. The first-order valence-corrected chi connectivity index (χ1v) is 7.09. The molecule has 0 aliphatic heterocycles. The molecule has 0 fully saturated rings. The van der Waals surface area contributed by atoms with Crippen LogP contribution >= 0.6 is 23.2 Å². The van der Waals surface area contributed by atoms with Crippen LogP contribution in [-0.2, 0) is 6.54 Å². The average Bonchev–Trinajstić information content (AvgIpc) is 2.86. The van der Waals surface area contributed by atoms with E-state index in [0.717, 1.165) is 22.5 Å². The summed E-state index contributed by atoms with van der Waals surface area (Å²) in [6.45, 7) is 0.513. The van der Waals surface area contributed by atoms with E-state index in [2.05, 4.69) is 15.0 Å². The third-order valence-corrected chi connectivity index (χ3v) is 3.90. The molecule has 21 heavy (non-hydrogen) atoms. The van der Waals surface area contributed by atoms with E-state index in [0.29, 0.717) is 16.6 Å². The van der Waals surface area contributed by atoms with Gasteiger partial charge in [-0.15, -0.1) is 0 Å². The molecule has 0 N–H and O–H groups in total. The van der Waals surface area contributed by atoms with Crippen molar-refractivity contribution in [3.05, 3.63) is 46.5 Å². The standard InChI is InChI=1S/C14H13Cl2N5/c1-20(2)13-12-14(18-7-17-13)21(8-19-12)6-9-10(15)4-3-5-11(9)16/h3-5,7-8H,6H2,1-2H3. The number of nitrogens with zero attached hydrogens (tertiary/aromatic N) is 5. The Kier molecular flexibility index (Phi) is 3.69. The summed E-state index contributed by atoms with van der Waals surface area (Å²) in [7, 11) is 3.84. The first kappa shape index (κ1) is 14.1. The molecule has 7 heteroatoms. The van der Waals surface area contributed by atoms with E-state index < -0.39 is 0 Å².